The molecule has 3 heteroatoms. The quantitative estimate of drug-likeness (QED) is 0.569. The lowest BCUT2D eigenvalue weighted by atomic mass is 9.85. The number of hydrogen-bond acceptors (Lipinski definition) is 2. The smallest absolute Gasteiger partial charge is 0.223 e. The Balaban J connectivity index is 1.51. The van der Waals surface area contributed by atoms with Gasteiger partial charge in [0, 0.05) is 25.0 Å². The van der Waals surface area contributed by atoms with Crippen LogP contribution in [-0.2, 0) is 4.79 Å². The molecule has 0 aromatic rings. The number of amides is 1. The van der Waals surface area contributed by atoms with Crippen LogP contribution < -0.4 is 10.6 Å². The van der Waals surface area contributed by atoms with E-state index >= 15 is 0 Å². The van der Waals surface area contributed by atoms with Crippen LogP contribution in [0.25, 0.3) is 0 Å². The molecule has 2 rings (SSSR count). The third kappa shape index (κ3) is 4.30. The van der Waals surface area contributed by atoms with Gasteiger partial charge >= 0.3 is 0 Å². The summed E-state index contributed by atoms with van der Waals surface area (Å²) in [7, 11) is 0. The molecule has 2 saturated carbocycles. The van der Waals surface area contributed by atoms with Gasteiger partial charge in [0.1, 0.15) is 0 Å². The van der Waals surface area contributed by atoms with Crippen molar-refractivity contribution < 1.29 is 4.79 Å². The molecule has 0 spiro atoms. The molecule has 0 aliphatic heterocycles. The van der Waals surface area contributed by atoms with Crippen LogP contribution in [0.1, 0.15) is 57.8 Å². The highest BCUT2D eigenvalue weighted by molar-refractivity contribution is 5.79. The van der Waals surface area contributed by atoms with E-state index < -0.39 is 0 Å². The van der Waals surface area contributed by atoms with Gasteiger partial charge in [0.05, 0.1) is 0 Å². The maximum absolute atomic E-state index is 11.6. The SMILES string of the molecule is O=C(NCCNC1CCCCCC1)C1CCC1. The molecule has 0 heterocycles. The summed E-state index contributed by atoms with van der Waals surface area (Å²) in [6.07, 6.45) is 11.6. The van der Waals surface area contributed by atoms with Gasteiger partial charge in [0.25, 0.3) is 0 Å². The lowest BCUT2D eigenvalue weighted by Crippen LogP contribution is -2.40. The number of rotatable bonds is 5. The predicted octanol–water partition coefficient (Wildman–Crippen LogP) is 2.22. The van der Waals surface area contributed by atoms with Gasteiger partial charge in [-0.05, 0) is 25.7 Å². The summed E-state index contributed by atoms with van der Waals surface area (Å²) in [6, 6.07) is 0.693. The minimum Gasteiger partial charge on any atom is -0.355 e. The zero-order chi connectivity index (χ0) is 11.9. The highest BCUT2D eigenvalue weighted by atomic mass is 16.1. The summed E-state index contributed by atoms with van der Waals surface area (Å²) in [5.74, 6) is 0.604. The van der Waals surface area contributed by atoms with Crippen LogP contribution in [0, 0.1) is 5.92 Å². The minimum atomic E-state index is 0.277. The highest BCUT2D eigenvalue weighted by Crippen LogP contribution is 2.25. The fourth-order valence-electron chi connectivity index (χ4n) is 2.76. The molecule has 2 aliphatic rings. The van der Waals surface area contributed by atoms with Crippen LogP contribution in [-0.4, -0.2) is 25.0 Å². The molecule has 17 heavy (non-hydrogen) atoms. The van der Waals surface area contributed by atoms with Crippen LogP contribution in [0.2, 0.25) is 0 Å². The molecule has 0 aromatic carbocycles. The topological polar surface area (TPSA) is 41.1 Å². The Morgan fingerprint density at radius 2 is 1.59 bits per heavy atom. The molecular weight excluding hydrogens is 212 g/mol. The second kappa shape index (κ2) is 7.00. The van der Waals surface area contributed by atoms with E-state index in [1.165, 1.54) is 44.9 Å². The van der Waals surface area contributed by atoms with Crippen molar-refractivity contribution in [1.29, 1.82) is 0 Å². The third-order valence-electron chi connectivity index (χ3n) is 4.19. The Kier molecular flexibility index (Phi) is 5.30. The van der Waals surface area contributed by atoms with Gasteiger partial charge in [0.2, 0.25) is 5.91 Å². The zero-order valence-corrected chi connectivity index (χ0v) is 10.8. The molecule has 1 amide bonds. The van der Waals surface area contributed by atoms with Crippen molar-refractivity contribution in [2.75, 3.05) is 13.1 Å². The van der Waals surface area contributed by atoms with E-state index in [-0.39, 0.29) is 5.91 Å². The van der Waals surface area contributed by atoms with Crippen LogP contribution in [0.15, 0.2) is 0 Å². The van der Waals surface area contributed by atoms with Crippen LogP contribution in [0.3, 0.4) is 0 Å². The van der Waals surface area contributed by atoms with Gasteiger partial charge in [-0.25, -0.2) is 0 Å². The summed E-state index contributed by atoms with van der Waals surface area (Å²) in [5.41, 5.74) is 0. The highest BCUT2D eigenvalue weighted by Gasteiger charge is 2.24. The molecule has 2 aliphatic carbocycles. The molecule has 2 fully saturated rings. The Labute approximate surface area is 105 Å². The molecular formula is C14H26N2O. The second-order valence-corrected chi connectivity index (χ2v) is 5.56. The molecule has 0 saturated heterocycles. The van der Waals surface area contributed by atoms with Crippen molar-refractivity contribution in [3.05, 3.63) is 0 Å². The van der Waals surface area contributed by atoms with Gasteiger partial charge in [-0.1, -0.05) is 32.1 Å². The summed E-state index contributed by atoms with van der Waals surface area (Å²) < 4.78 is 0. The summed E-state index contributed by atoms with van der Waals surface area (Å²) >= 11 is 0. The van der Waals surface area contributed by atoms with Gasteiger partial charge in [-0.15, -0.1) is 0 Å². The first-order valence-electron chi connectivity index (χ1n) is 7.37. The second-order valence-electron chi connectivity index (χ2n) is 5.56. The van der Waals surface area contributed by atoms with Crippen molar-refractivity contribution in [1.82, 2.24) is 10.6 Å². The largest absolute Gasteiger partial charge is 0.355 e. The third-order valence-corrected chi connectivity index (χ3v) is 4.19. The van der Waals surface area contributed by atoms with Gasteiger partial charge in [-0.3, -0.25) is 4.79 Å². The Hall–Kier alpha value is -0.570. The summed E-state index contributed by atoms with van der Waals surface area (Å²) in [4.78, 5) is 11.6. The molecule has 0 unspecified atom stereocenters. The lowest BCUT2D eigenvalue weighted by Gasteiger charge is -2.24. The van der Waals surface area contributed by atoms with Crippen LogP contribution >= 0.6 is 0 Å². The van der Waals surface area contributed by atoms with Gasteiger partial charge in [-0.2, -0.15) is 0 Å². The summed E-state index contributed by atoms with van der Waals surface area (Å²) in [5, 5.41) is 6.62. The van der Waals surface area contributed by atoms with E-state index in [9.17, 15) is 4.79 Å². The standard InChI is InChI=1S/C14H26N2O/c17-14(12-6-5-7-12)16-11-10-15-13-8-3-1-2-4-9-13/h12-13,15H,1-11H2,(H,16,17). The zero-order valence-electron chi connectivity index (χ0n) is 10.8. The van der Waals surface area contributed by atoms with Gasteiger partial charge in [0.15, 0.2) is 0 Å². The van der Waals surface area contributed by atoms with E-state index in [0.29, 0.717) is 12.0 Å². The first-order chi connectivity index (χ1) is 8.36. The average Bonchev–Trinajstić information content (AvgIpc) is 2.50. The number of hydrogen-bond donors (Lipinski definition) is 2. The van der Waals surface area contributed by atoms with Crippen LogP contribution in [0.5, 0.6) is 0 Å². The average molecular weight is 238 g/mol. The van der Waals surface area contributed by atoms with E-state index in [2.05, 4.69) is 10.6 Å². The number of carbonyl (C=O) groups excluding carboxylic acids is 1. The predicted molar refractivity (Wildman–Crippen MR) is 69.8 cm³/mol. The Morgan fingerprint density at radius 1 is 0.882 bits per heavy atom. The number of carbonyl (C=O) groups is 1. The first kappa shape index (κ1) is 12.9. The maximum atomic E-state index is 11.6. The Morgan fingerprint density at radius 3 is 2.18 bits per heavy atom. The molecule has 2 N–H and O–H groups in total. The van der Waals surface area contributed by atoms with Gasteiger partial charge < -0.3 is 10.6 Å². The van der Waals surface area contributed by atoms with E-state index in [1.54, 1.807) is 0 Å². The molecule has 0 bridgehead atoms. The Bertz CT molecular complexity index is 230. The maximum Gasteiger partial charge on any atom is 0.223 e. The van der Waals surface area contributed by atoms with E-state index in [4.69, 9.17) is 0 Å². The fourth-order valence-corrected chi connectivity index (χ4v) is 2.76. The minimum absolute atomic E-state index is 0.277. The van der Waals surface area contributed by atoms with Crippen molar-refractivity contribution >= 4 is 5.91 Å². The van der Waals surface area contributed by atoms with Crippen LogP contribution in [0.4, 0.5) is 0 Å². The van der Waals surface area contributed by atoms with E-state index in [1.807, 2.05) is 0 Å². The molecule has 98 valence electrons. The molecule has 0 atom stereocenters. The molecule has 0 aromatic heterocycles. The van der Waals surface area contributed by atoms with Crippen molar-refractivity contribution in [3.63, 3.8) is 0 Å². The fraction of sp³-hybridized carbons (Fsp3) is 0.929. The summed E-state index contributed by atoms with van der Waals surface area (Å²) in [6.45, 7) is 1.73. The monoisotopic (exact) mass is 238 g/mol. The molecule has 3 nitrogen and oxygen atoms in total. The molecule has 0 radical (unpaired) electrons. The lowest BCUT2D eigenvalue weighted by molar-refractivity contribution is -0.127. The van der Waals surface area contributed by atoms with Crippen molar-refractivity contribution in [2.45, 2.75) is 63.8 Å². The van der Waals surface area contributed by atoms with E-state index in [0.717, 1.165) is 25.9 Å². The number of nitrogens with one attached hydrogen (secondary N) is 2. The normalized spacial score (nSPS) is 22.8. The first-order valence-corrected chi connectivity index (χ1v) is 7.37. The van der Waals surface area contributed by atoms with Crippen molar-refractivity contribution in [2.24, 2.45) is 5.92 Å². The van der Waals surface area contributed by atoms with Crippen molar-refractivity contribution in [3.8, 4) is 0 Å².